The summed E-state index contributed by atoms with van der Waals surface area (Å²) in [7, 11) is 0. The molecule has 0 atom stereocenters. The van der Waals surface area contributed by atoms with Crippen molar-refractivity contribution >= 4 is 40.6 Å². The quantitative estimate of drug-likeness (QED) is 0.382. The van der Waals surface area contributed by atoms with Crippen LogP contribution in [0.5, 0.6) is 0 Å². The van der Waals surface area contributed by atoms with E-state index in [4.69, 9.17) is 5.11 Å². The molecule has 0 bridgehead atoms. The third-order valence-electron chi connectivity index (χ3n) is 6.07. The number of pyridine rings is 1. The minimum Gasteiger partial charge on any atom is -0.395 e. The second-order valence-electron chi connectivity index (χ2n) is 8.37. The van der Waals surface area contributed by atoms with Crippen LogP contribution < -0.4 is 5.32 Å². The molecule has 1 aromatic carbocycles. The van der Waals surface area contributed by atoms with Crippen molar-refractivity contribution in [3.8, 4) is 0 Å². The van der Waals surface area contributed by atoms with Gasteiger partial charge in [0.15, 0.2) is 0 Å². The van der Waals surface area contributed by atoms with E-state index in [9.17, 15) is 4.79 Å². The molecule has 3 N–H and O–H groups in total. The molecule has 1 aliphatic rings. The van der Waals surface area contributed by atoms with Gasteiger partial charge in [-0.3, -0.25) is 9.69 Å². The van der Waals surface area contributed by atoms with E-state index < -0.39 is 0 Å². The number of aliphatic hydroxyl groups excluding tert-OH is 1. The maximum atomic E-state index is 12.7. The Bertz CT molecular complexity index is 1310. The highest BCUT2D eigenvalue weighted by atomic mass is 16.3. The number of aromatic nitrogens is 4. The van der Waals surface area contributed by atoms with Crippen molar-refractivity contribution in [1.82, 2.24) is 29.7 Å². The summed E-state index contributed by atoms with van der Waals surface area (Å²) < 4.78 is 0. The lowest BCUT2D eigenvalue weighted by molar-refractivity contribution is 0.0609. The molecule has 0 radical (unpaired) electrons. The lowest BCUT2D eigenvalue weighted by Crippen LogP contribution is -2.49. The lowest BCUT2D eigenvalue weighted by Gasteiger charge is -2.34. The molecule has 35 heavy (non-hydrogen) atoms. The first-order valence-electron chi connectivity index (χ1n) is 11.6. The maximum absolute atomic E-state index is 12.7. The molecule has 9 nitrogen and oxygen atoms in total. The summed E-state index contributed by atoms with van der Waals surface area (Å²) in [5, 5.41) is 13.3. The zero-order chi connectivity index (χ0) is 24.0. The zero-order valence-corrected chi connectivity index (χ0v) is 19.3. The van der Waals surface area contributed by atoms with Crippen LogP contribution in [0.4, 0.5) is 11.6 Å². The number of anilines is 2. The van der Waals surface area contributed by atoms with Crippen LogP contribution in [0.1, 0.15) is 21.6 Å². The van der Waals surface area contributed by atoms with Gasteiger partial charge in [0, 0.05) is 67.8 Å². The number of carbonyl (C=O) groups excluding carboxylic acids is 1. The molecule has 1 aliphatic heterocycles. The Morgan fingerprint density at radius 3 is 2.57 bits per heavy atom. The predicted molar refractivity (Wildman–Crippen MR) is 136 cm³/mol. The molecule has 4 heterocycles. The molecule has 3 aromatic heterocycles. The maximum Gasteiger partial charge on any atom is 0.272 e. The zero-order valence-electron chi connectivity index (χ0n) is 19.3. The van der Waals surface area contributed by atoms with Gasteiger partial charge < -0.3 is 20.3 Å². The third kappa shape index (κ3) is 5.37. The summed E-state index contributed by atoms with van der Waals surface area (Å²) in [6.07, 6.45) is 11.1. The predicted octanol–water partition coefficient (Wildman–Crippen LogP) is 3.02. The Hall–Kier alpha value is -4.08. The average Bonchev–Trinajstić information content (AvgIpc) is 3.39. The molecule has 0 spiro atoms. The number of benzene rings is 1. The summed E-state index contributed by atoms with van der Waals surface area (Å²) in [5.41, 5.74) is 4.23. The number of hydrogen-bond acceptors (Lipinski definition) is 7. The number of nitrogens with zero attached hydrogens (tertiary/aromatic N) is 5. The topological polar surface area (TPSA) is 110 Å². The van der Waals surface area contributed by atoms with Gasteiger partial charge in [0.05, 0.1) is 18.5 Å². The molecule has 4 aromatic rings. The van der Waals surface area contributed by atoms with Crippen molar-refractivity contribution in [3.05, 3.63) is 78.0 Å². The first-order chi connectivity index (χ1) is 17.2. The van der Waals surface area contributed by atoms with Gasteiger partial charge in [0.25, 0.3) is 5.91 Å². The lowest BCUT2D eigenvalue weighted by atomic mass is 10.1. The standard InChI is InChI=1S/C26H27N7O2/c34-15-14-32-10-12-33(13-11-32)25(35)24-7-6-21(18-28-24)31-26-29-16-19(17-30-26)4-5-20-2-1-3-23-22(20)8-9-27-23/h1-9,16-18,27,34H,10-15H2,(H,29,30,31)/b5-4+. The number of aromatic amines is 1. The Labute approximate surface area is 203 Å². The highest BCUT2D eigenvalue weighted by Gasteiger charge is 2.22. The minimum atomic E-state index is -0.0806. The molecule has 0 unspecified atom stereocenters. The van der Waals surface area contributed by atoms with Crippen molar-refractivity contribution in [3.63, 3.8) is 0 Å². The van der Waals surface area contributed by atoms with Gasteiger partial charge in [-0.25, -0.2) is 15.0 Å². The van der Waals surface area contributed by atoms with Gasteiger partial charge >= 0.3 is 0 Å². The monoisotopic (exact) mass is 469 g/mol. The van der Waals surface area contributed by atoms with Crippen LogP contribution in [0.2, 0.25) is 0 Å². The Balaban J connectivity index is 1.18. The second-order valence-corrected chi connectivity index (χ2v) is 8.37. The number of piperazine rings is 1. The van der Waals surface area contributed by atoms with Crippen LogP contribution in [0.3, 0.4) is 0 Å². The van der Waals surface area contributed by atoms with Crippen molar-refractivity contribution in [2.24, 2.45) is 0 Å². The van der Waals surface area contributed by atoms with E-state index in [1.807, 2.05) is 24.4 Å². The van der Waals surface area contributed by atoms with Crippen LogP contribution in [0.15, 0.2) is 61.2 Å². The Morgan fingerprint density at radius 2 is 1.83 bits per heavy atom. The largest absolute Gasteiger partial charge is 0.395 e. The molecule has 5 rings (SSSR count). The van der Waals surface area contributed by atoms with Crippen LogP contribution in [-0.4, -0.2) is 80.1 Å². The van der Waals surface area contributed by atoms with Gasteiger partial charge in [-0.2, -0.15) is 0 Å². The van der Waals surface area contributed by atoms with E-state index in [-0.39, 0.29) is 12.5 Å². The summed E-state index contributed by atoms with van der Waals surface area (Å²) >= 11 is 0. The molecule has 1 saturated heterocycles. The van der Waals surface area contributed by atoms with E-state index in [2.05, 4.69) is 48.4 Å². The smallest absolute Gasteiger partial charge is 0.272 e. The number of amides is 1. The normalized spacial score (nSPS) is 14.6. The second kappa shape index (κ2) is 10.5. The fourth-order valence-corrected chi connectivity index (χ4v) is 4.13. The summed E-state index contributed by atoms with van der Waals surface area (Å²) in [6, 6.07) is 11.7. The number of β-amino-alcohol motifs (C(OH)–C–C–N with tert-alkyl or cyclic N) is 1. The van der Waals surface area contributed by atoms with E-state index in [1.165, 1.54) is 5.39 Å². The molecule has 9 heteroatoms. The van der Waals surface area contributed by atoms with E-state index in [0.29, 0.717) is 37.0 Å². The van der Waals surface area contributed by atoms with Crippen LogP contribution in [0, 0.1) is 0 Å². The number of aliphatic hydroxyl groups is 1. The van der Waals surface area contributed by atoms with Crippen molar-refractivity contribution in [2.75, 3.05) is 44.6 Å². The van der Waals surface area contributed by atoms with Gasteiger partial charge in [-0.1, -0.05) is 24.3 Å². The van der Waals surface area contributed by atoms with Crippen molar-refractivity contribution < 1.29 is 9.90 Å². The molecule has 178 valence electrons. The van der Waals surface area contributed by atoms with Crippen LogP contribution in [-0.2, 0) is 0 Å². The first-order valence-corrected chi connectivity index (χ1v) is 11.6. The summed E-state index contributed by atoms with van der Waals surface area (Å²) in [6.45, 7) is 3.57. The number of hydrogen-bond donors (Lipinski definition) is 3. The minimum absolute atomic E-state index is 0.0806. The van der Waals surface area contributed by atoms with Crippen LogP contribution >= 0.6 is 0 Å². The number of nitrogens with one attached hydrogen (secondary N) is 2. The Kier molecular flexibility index (Phi) is 6.78. The van der Waals surface area contributed by atoms with E-state index in [1.54, 1.807) is 35.6 Å². The number of H-pyrrole nitrogens is 1. The number of carbonyl (C=O) groups is 1. The molecule has 1 fully saturated rings. The SMILES string of the molecule is O=C(c1ccc(Nc2ncc(/C=C/c3cccc4[nH]ccc34)cn2)cn1)N1CCN(CCO)CC1. The molecular formula is C26H27N7O2. The Morgan fingerprint density at radius 1 is 1.00 bits per heavy atom. The average molecular weight is 470 g/mol. The molecular weight excluding hydrogens is 442 g/mol. The molecule has 1 amide bonds. The first kappa shape index (κ1) is 22.7. The highest BCUT2D eigenvalue weighted by molar-refractivity contribution is 5.93. The van der Waals surface area contributed by atoms with Gasteiger partial charge in [-0.05, 0) is 29.8 Å². The van der Waals surface area contributed by atoms with Crippen molar-refractivity contribution in [2.45, 2.75) is 0 Å². The van der Waals surface area contributed by atoms with Gasteiger partial charge in [0.2, 0.25) is 5.95 Å². The van der Waals surface area contributed by atoms with E-state index in [0.717, 1.165) is 29.7 Å². The summed E-state index contributed by atoms with van der Waals surface area (Å²) in [4.78, 5) is 33.0. The van der Waals surface area contributed by atoms with Gasteiger partial charge in [0.1, 0.15) is 5.69 Å². The number of rotatable bonds is 7. The molecule has 0 aliphatic carbocycles. The third-order valence-corrected chi connectivity index (χ3v) is 6.07. The molecule has 0 saturated carbocycles. The van der Waals surface area contributed by atoms with Crippen LogP contribution in [0.25, 0.3) is 23.1 Å². The van der Waals surface area contributed by atoms with Crippen molar-refractivity contribution in [1.29, 1.82) is 0 Å². The highest BCUT2D eigenvalue weighted by Crippen LogP contribution is 2.20. The van der Waals surface area contributed by atoms with E-state index >= 15 is 0 Å². The summed E-state index contributed by atoms with van der Waals surface area (Å²) in [5.74, 6) is 0.374. The fourth-order valence-electron chi connectivity index (χ4n) is 4.13. The van der Waals surface area contributed by atoms with Gasteiger partial charge in [-0.15, -0.1) is 0 Å². The fraction of sp³-hybridized carbons (Fsp3) is 0.231. The number of fused-ring (bicyclic) bond motifs is 1.